The molecule has 10 atom stereocenters. The van der Waals surface area contributed by atoms with Gasteiger partial charge >= 0.3 is 0 Å². The first-order valence-corrected chi connectivity index (χ1v) is 10.7. The molecule has 0 aromatic heterocycles. The van der Waals surface area contributed by atoms with Crippen LogP contribution in [-0.2, 0) is 20.0 Å². The Hall–Kier alpha value is -0.830. The summed E-state index contributed by atoms with van der Waals surface area (Å²) >= 11 is 1.25. The van der Waals surface area contributed by atoms with Gasteiger partial charge in [0.15, 0.2) is 6.29 Å². The van der Waals surface area contributed by atoms with Crippen LogP contribution < -0.4 is 0 Å². The summed E-state index contributed by atoms with van der Waals surface area (Å²) < 4.78 is 16.5. The third-order valence-electron chi connectivity index (χ3n) is 5.22. The highest BCUT2D eigenvalue weighted by molar-refractivity contribution is 7.99. The maximum atomic E-state index is 10.7. The van der Waals surface area contributed by atoms with Gasteiger partial charge in [0.1, 0.15) is 54.3 Å². The molecule has 3 rings (SSSR count). The van der Waals surface area contributed by atoms with Crippen molar-refractivity contribution in [3.63, 3.8) is 0 Å². The lowest BCUT2D eigenvalue weighted by Gasteiger charge is -2.46. The van der Waals surface area contributed by atoms with Gasteiger partial charge in [-0.1, -0.05) is 30.3 Å². The predicted molar refractivity (Wildman–Crippen MR) is 104 cm³/mol. The number of aliphatic hydroxyl groups excluding tert-OH is 7. The molecule has 170 valence electrons. The topological polar surface area (TPSA) is 169 Å². The van der Waals surface area contributed by atoms with Crippen molar-refractivity contribution in [1.29, 1.82) is 0 Å². The van der Waals surface area contributed by atoms with Crippen LogP contribution in [0, 0.1) is 0 Å². The van der Waals surface area contributed by atoms with E-state index in [0.29, 0.717) is 5.75 Å². The maximum absolute atomic E-state index is 10.7. The smallest absolute Gasteiger partial charge is 0.187 e. The van der Waals surface area contributed by atoms with Crippen molar-refractivity contribution in [1.82, 2.24) is 0 Å². The number of hydrogen-bond acceptors (Lipinski definition) is 11. The minimum absolute atomic E-state index is 0.490. The molecule has 0 bridgehead atoms. The number of benzene rings is 1. The molecule has 0 amide bonds. The first kappa shape index (κ1) is 23.8. The standard InChI is InChI=1S/C19H28O10S/c20-6-10-12(22)14(24)15(25)18(27-10)29-17-13(23)11(7-21)28-19(16(17)26)30-8-9-4-2-1-3-5-9/h1-5,10-26H,6-8H2/t10-,11-,12+,13-,14+,15-,16-,17+,18+,19+/m1/s1. The molecule has 11 heteroatoms. The van der Waals surface area contributed by atoms with E-state index in [9.17, 15) is 35.7 Å². The molecule has 0 saturated carbocycles. The molecule has 2 saturated heterocycles. The fourth-order valence-corrected chi connectivity index (χ4v) is 4.56. The van der Waals surface area contributed by atoms with Gasteiger partial charge in [-0.2, -0.15) is 0 Å². The van der Waals surface area contributed by atoms with Crippen LogP contribution in [0.2, 0.25) is 0 Å². The van der Waals surface area contributed by atoms with Gasteiger partial charge < -0.3 is 50.0 Å². The van der Waals surface area contributed by atoms with Crippen molar-refractivity contribution in [3.8, 4) is 0 Å². The van der Waals surface area contributed by atoms with Crippen LogP contribution in [-0.4, -0.2) is 110 Å². The fourth-order valence-electron chi connectivity index (χ4n) is 3.44. The Labute approximate surface area is 177 Å². The summed E-state index contributed by atoms with van der Waals surface area (Å²) in [7, 11) is 0. The van der Waals surface area contributed by atoms with E-state index in [0.717, 1.165) is 5.56 Å². The Bertz CT molecular complexity index is 649. The monoisotopic (exact) mass is 448 g/mol. The normalized spacial score (nSPS) is 42.2. The van der Waals surface area contributed by atoms with Crippen molar-refractivity contribution >= 4 is 11.8 Å². The molecule has 1 aromatic carbocycles. The highest BCUT2D eigenvalue weighted by atomic mass is 32.2. The van der Waals surface area contributed by atoms with Crippen LogP contribution in [0.15, 0.2) is 30.3 Å². The largest absolute Gasteiger partial charge is 0.394 e. The average molecular weight is 448 g/mol. The summed E-state index contributed by atoms with van der Waals surface area (Å²) in [6.07, 6.45) is -12.8. The molecule has 30 heavy (non-hydrogen) atoms. The summed E-state index contributed by atoms with van der Waals surface area (Å²) in [5, 5.41) is 70.1. The van der Waals surface area contributed by atoms with E-state index in [2.05, 4.69) is 0 Å². The molecule has 0 radical (unpaired) electrons. The zero-order valence-corrected chi connectivity index (χ0v) is 16.9. The number of aliphatic hydroxyl groups is 7. The third-order valence-corrected chi connectivity index (χ3v) is 6.44. The molecule has 2 aliphatic heterocycles. The highest BCUT2D eigenvalue weighted by Crippen LogP contribution is 2.34. The number of hydrogen-bond donors (Lipinski definition) is 7. The number of ether oxygens (including phenoxy) is 3. The van der Waals surface area contributed by atoms with E-state index in [1.807, 2.05) is 30.3 Å². The molecular formula is C19H28O10S. The zero-order valence-electron chi connectivity index (χ0n) is 16.0. The quantitative estimate of drug-likeness (QED) is 0.236. The maximum Gasteiger partial charge on any atom is 0.187 e. The van der Waals surface area contributed by atoms with Gasteiger partial charge in [0.2, 0.25) is 0 Å². The second-order valence-corrected chi connectivity index (χ2v) is 8.39. The van der Waals surface area contributed by atoms with Crippen LogP contribution in [0.25, 0.3) is 0 Å². The Morgan fingerprint density at radius 3 is 2.03 bits per heavy atom. The molecule has 2 heterocycles. The van der Waals surface area contributed by atoms with Crippen molar-refractivity contribution in [2.45, 2.75) is 66.3 Å². The van der Waals surface area contributed by atoms with Crippen molar-refractivity contribution in [3.05, 3.63) is 35.9 Å². The third kappa shape index (κ3) is 5.14. The predicted octanol–water partition coefficient (Wildman–Crippen LogP) is -2.46. The highest BCUT2D eigenvalue weighted by Gasteiger charge is 2.50. The average Bonchev–Trinajstić information content (AvgIpc) is 2.76. The van der Waals surface area contributed by atoms with Crippen LogP contribution in [0.3, 0.4) is 0 Å². The van der Waals surface area contributed by atoms with E-state index >= 15 is 0 Å². The van der Waals surface area contributed by atoms with E-state index < -0.39 is 73.8 Å². The molecule has 2 aliphatic rings. The minimum atomic E-state index is -1.69. The number of thioether (sulfide) groups is 1. The van der Waals surface area contributed by atoms with Crippen molar-refractivity contribution in [2.24, 2.45) is 0 Å². The van der Waals surface area contributed by atoms with Crippen molar-refractivity contribution in [2.75, 3.05) is 13.2 Å². The first-order chi connectivity index (χ1) is 14.4. The Morgan fingerprint density at radius 2 is 1.40 bits per heavy atom. The van der Waals surface area contributed by atoms with E-state index in [1.54, 1.807) is 0 Å². The second kappa shape index (κ2) is 10.7. The SMILES string of the molecule is OC[C@H]1O[C@@H](O[C@@H]2[C@@H](O)[C@H](SCc3ccccc3)O[C@H](CO)[C@H]2O)[C@H](O)[C@@H](O)[C@H]1O. The molecule has 1 aromatic rings. The first-order valence-electron chi connectivity index (χ1n) is 9.61. The summed E-state index contributed by atoms with van der Waals surface area (Å²) in [6, 6.07) is 9.44. The summed E-state index contributed by atoms with van der Waals surface area (Å²) in [4.78, 5) is 0. The molecule has 10 nitrogen and oxygen atoms in total. The molecule has 2 fully saturated rings. The lowest BCUT2D eigenvalue weighted by Crippen LogP contribution is -2.64. The van der Waals surface area contributed by atoms with Gasteiger partial charge in [-0.05, 0) is 5.56 Å². The Balaban J connectivity index is 1.71. The number of rotatable bonds is 7. The van der Waals surface area contributed by atoms with Gasteiger partial charge in [0.05, 0.1) is 13.2 Å². The van der Waals surface area contributed by atoms with Gasteiger partial charge in [-0.3, -0.25) is 0 Å². The fraction of sp³-hybridized carbons (Fsp3) is 0.684. The van der Waals surface area contributed by atoms with Gasteiger partial charge in [0.25, 0.3) is 0 Å². The van der Waals surface area contributed by atoms with Gasteiger partial charge in [-0.15, -0.1) is 11.8 Å². The summed E-state index contributed by atoms with van der Waals surface area (Å²) in [5.41, 5.74) is 0.122. The molecule has 0 spiro atoms. The Kier molecular flexibility index (Phi) is 8.46. The molecule has 0 aliphatic carbocycles. The van der Waals surface area contributed by atoms with Crippen LogP contribution in [0.1, 0.15) is 5.56 Å². The van der Waals surface area contributed by atoms with Gasteiger partial charge in [-0.25, -0.2) is 0 Å². The lowest BCUT2D eigenvalue weighted by atomic mass is 9.97. The molecular weight excluding hydrogens is 420 g/mol. The molecule has 7 N–H and O–H groups in total. The van der Waals surface area contributed by atoms with Crippen LogP contribution in [0.4, 0.5) is 0 Å². The van der Waals surface area contributed by atoms with Crippen LogP contribution in [0.5, 0.6) is 0 Å². The van der Waals surface area contributed by atoms with Crippen LogP contribution >= 0.6 is 11.8 Å². The zero-order chi connectivity index (χ0) is 21.8. The lowest BCUT2D eigenvalue weighted by molar-refractivity contribution is -0.337. The Morgan fingerprint density at radius 1 is 0.767 bits per heavy atom. The van der Waals surface area contributed by atoms with E-state index in [4.69, 9.17) is 14.2 Å². The second-order valence-electron chi connectivity index (χ2n) is 7.30. The van der Waals surface area contributed by atoms with E-state index in [-0.39, 0.29) is 0 Å². The minimum Gasteiger partial charge on any atom is -0.394 e. The summed E-state index contributed by atoms with van der Waals surface area (Å²) in [5.74, 6) is 0.490. The van der Waals surface area contributed by atoms with Gasteiger partial charge in [0, 0.05) is 5.75 Å². The van der Waals surface area contributed by atoms with E-state index in [1.165, 1.54) is 11.8 Å². The summed E-state index contributed by atoms with van der Waals surface area (Å²) in [6.45, 7) is -1.18. The molecule has 0 unspecified atom stereocenters. The van der Waals surface area contributed by atoms with Crippen molar-refractivity contribution < 1.29 is 50.0 Å².